The van der Waals surface area contributed by atoms with Crippen LogP contribution in [-0.2, 0) is 11.2 Å². The van der Waals surface area contributed by atoms with Crippen LogP contribution in [0.1, 0.15) is 4.88 Å². The van der Waals surface area contributed by atoms with Crippen molar-refractivity contribution in [1.82, 2.24) is 0 Å². The van der Waals surface area contributed by atoms with Crippen molar-refractivity contribution >= 4 is 33.0 Å². The minimum absolute atomic E-state index is 0.0827. The van der Waals surface area contributed by atoms with E-state index in [1.54, 1.807) is 11.3 Å². The Kier molecular flexibility index (Phi) is 3.23. The van der Waals surface area contributed by atoms with E-state index in [-0.39, 0.29) is 12.3 Å². The molecule has 0 unspecified atom stereocenters. The molecule has 2 nitrogen and oxygen atoms in total. The van der Waals surface area contributed by atoms with Gasteiger partial charge < -0.3 is 5.73 Å². The zero-order chi connectivity index (χ0) is 8.27. The second kappa shape index (κ2) is 3.99. The number of hydrogen-bond donors (Lipinski definition) is 1. The Bertz CT molecular complexity index is 259. The van der Waals surface area contributed by atoms with Crippen molar-refractivity contribution < 1.29 is 4.79 Å². The third kappa shape index (κ3) is 2.73. The van der Waals surface area contributed by atoms with Crippen molar-refractivity contribution in [3.8, 4) is 0 Å². The number of ketones is 1. The van der Waals surface area contributed by atoms with Gasteiger partial charge in [-0.3, -0.25) is 4.79 Å². The summed E-state index contributed by atoms with van der Waals surface area (Å²) >= 11 is 4.88. The van der Waals surface area contributed by atoms with Gasteiger partial charge >= 0.3 is 0 Å². The molecule has 1 heterocycles. The van der Waals surface area contributed by atoms with Gasteiger partial charge in [-0.1, -0.05) is 0 Å². The summed E-state index contributed by atoms with van der Waals surface area (Å²) in [4.78, 5) is 11.9. The molecular formula is C7H8BrNOS. The van der Waals surface area contributed by atoms with Crippen LogP contribution in [0, 0.1) is 0 Å². The van der Waals surface area contributed by atoms with Crippen LogP contribution in [0.3, 0.4) is 0 Å². The fourth-order valence-corrected chi connectivity index (χ4v) is 2.19. The molecular weight excluding hydrogens is 226 g/mol. The highest BCUT2D eigenvalue weighted by atomic mass is 79.9. The van der Waals surface area contributed by atoms with Crippen LogP contribution in [0.25, 0.3) is 0 Å². The first-order chi connectivity index (χ1) is 5.22. The smallest absolute Gasteiger partial charge is 0.151 e. The predicted octanol–water partition coefficient (Wildman–Crippen LogP) is 1.58. The van der Waals surface area contributed by atoms with Gasteiger partial charge in [0.25, 0.3) is 0 Å². The number of nitrogens with two attached hydrogens (primary N) is 1. The van der Waals surface area contributed by atoms with Crippen molar-refractivity contribution in [2.45, 2.75) is 6.42 Å². The Hall–Kier alpha value is -0.190. The average molecular weight is 234 g/mol. The van der Waals surface area contributed by atoms with Gasteiger partial charge in [0.15, 0.2) is 5.78 Å². The molecule has 0 spiro atoms. The maximum atomic E-state index is 10.9. The highest BCUT2D eigenvalue weighted by molar-refractivity contribution is 9.10. The van der Waals surface area contributed by atoms with E-state index in [9.17, 15) is 4.79 Å². The molecule has 1 aromatic heterocycles. The SMILES string of the molecule is NCC(=O)Cc1cc(Br)cs1. The summed E-state index contributed by atoms with van der Waals surface area (Å²) in [7, 11) is 0. The van der Waals surface area contributed by atoms with Crippen LogP contribution in [0.4, 0.5) is 0 Å². The molecule has 1 aromatic rings. The lowest BCUT2D eigenvalue weighted by molar-refractivity contribution is -0.117. The van der Waals surface area contributed by atoms with E-state index < -0.39 is 0 Å². The number of carbonyl (C=O) groups is 1. The highest BCUT2D eigenvalue weighted by Gasteiger charge is 2.02. The molecule has 11 heavy (non-hydrogen) atoms. The van der Waals surface area contributed by atoms with Crippen molar-refractivity contribution in [3.63, 3.8) is 0 Å². The zero-order valence-electron chi connectivity index (χ0n) is 5.84. The summed E-state index contributed by atoms with van der Waals surface area (Å²) < 4.78 is 1.03. The summed E-state index contributed by atoms with van der Waals surface area (Å²) in [5.74, 6) is 0.0827. The third-order valence-electron chi connectivity index (χ3n) is 1.22. The molecule has 0 aliphatic carbocycles. The number of Topliss-reactive ketones (excluding diaryl/α,β-unsaturated/α-hetero) is 1. The van der Waals surface area contributed by atoms with Crippen LogP contribution in [0.15, 0.2) is 15.9 Å². The van der Waals surface area contributed by atoms with Crippen LogP contribution in [-0.4, -0.2) is 12.3 Å². The van der Waals surface area contributed by atoms with E-state index in [2.05, 4.69) is 15.9 Å². The maximum absolute atomic E-state index is 10.9. The van der Waals surface area contributed by atoms with E-state index >= 15 is 0 Å². The van der Waals surface area contributed by atoms with Crippen LogP contribution >= 0.6 is 27.3 Å². The molecule has 1 rings (SSSR count). The Balaban J connectivity index is 2.57. The van der Waals surface area contributed by atoms with Crippen molar-refractivity contribution in [2.24, 2.45) is 5.73 Å². The molecule has 0 radical (unpaired) electrons. The standard InChI is InChI=1S/C7H8BrNOS/c8-5-1-7(11-4-5)2-6(10)3-9/h1,4H,2-3,9H2. The summed E-state index contributed by atoms with van der Waals surface area (Å²) in [5.41, 5.74) is 5.17. The summed E-state index contributed by atoms with van der Waals surface area (Å²) in [6, 6.07) is 1.94. The quantitative estimate of drug-likeness (QED) is 0.862. The molecule has 0 bridgehead atoms. The van der Waals surface area contributed by atoms with Gasteiger partial charge in [-0.25, -0.2) is 0 Å². The number of hydrogen-bond acceptors (Lipinski definition) is 3. The Morgan fingerprint density at radius 3 is 2.91 bits per heavy atom. The van der Waals surface area contributed by atoms with E-state index in [4.69, 9.17) is 5.73 Å². The first-order valence-corrected chi connectivity index (χ1v) is 4.84. The molecule has 0 aromatic carbocycles. The van der Waals surface area contributed by atoms with E-state index in [0.717, 1.165) is 9.35 Å². The summed E-state index contributed by atoms with van der Waals surface area (Å²) in [5, 5.41) is 1.96. The Morgan fingerprint density at radius 2 is 2.45 bits per heavy atom. The van der Waals surface area contributed by atoms with Gasteiger partial charge in [-0.05, 0) is 22.0 Å². The van der Waals surface area contributed by atoms with Crippen molar-refractivity contribution in [2.75, 3.05) is 6.54 Å². The molecule has 0 saturated heterocycles. The second-order valence-electron chi connectivity index (χ2n) is 2.15. The molecule has 0 fully saturated rings. The molecule has 0 saturated carbocycles. The Labute approximate surface area is 77.5 Å². The normalized spacial score (nSPS) is 10.0. The van der Waals surface area contributed by atoms with Crippen LogP contribution in [0.2, 0.25) is 0 Å². The Morgan fingerprint density at radius 1 is 1.73 bits per heavy atom. The second-order valence-corrected chi connectivity index (χ2v) is 4.06. The first kappa shape index (κ1) is 8.90. The lowest BCUT2D eigenvalue weighted by Crippen LogP contribution is -2.14. The lowest BCUT2D eigenvalue weighted by Gasteiger charge is -1.91. The highest BCUT2D eigenvalue weighted by Crippen LogP contribution is 2.19. The minimum atomic E-state index is 0.0827. The molecule has 0 amide bonds. The van der Waals surface area contributed by atoms with E-state index in [0.29, 0.717) is 6.42 Å². The van der Waals surface area contributed by atoms with E-state index in [1.165, 1.54) is 0 Å². The molecule has 0 atom stereocenters. The molecule has 4 heteroatoms. The molecule has 0 aliphatic rings. The monoisotopic (exact) mass is 233 g/mol. The van der Waals surface area contributed by atoms with Gasteiger partial charge in [0.1, 0.15) is 0 Å². The minimum Gasteiger partial charge on any atom is -0.324 e. The molecule has 2 N–H and O–H groups in total. The van der Waals surface area contributed by atoms with Gasteiger partial charge in [-0.15, -0.1) is 11.3 Å². The van der Waals surface area contributed by atoms with Crippen molar-refractivity contribution in [1.29, 1.82) is 0 Å². The van der Waals surface area contributed by atoms with Gasteiger partial charge in [0.2, 0.25) is 0 Å². The van der Waals surface area contributed by atoms with Crippen molar-refractivity contribution in [3.05, 3.63) is 20.8 Å². The maximum Gasteiger partial charge on any atom is 0.151 e. The van der Waals surface area contributed by atoms with Gasteiger partial charge in [-0.2, -0.15) is 0 Å². The lowest BCUT2D eigenvalue weighted by atomic mass is 10.2. The first-order valence-electron chi connectivity index (χ1n) is 3.17. The fraction of sp³-hybridized carbons (Fsp3) is 0.286. The summed E-state index contributed by atoms with van der Waals surface area (Å²) in [6.45, 7) is 0.134. The number of rotatable bonds is 3. The predicted molar refractivity (Wildman–Crippen MR) is 49.8 cm³/mol. The number of halogens is 1. The summed E-state index contributed by atoms with van der Waals surface area (Å²) in [6.07, 6.45) is 0.465. The van der Waals surface area contributed by atoms with Crippen LogP contribution < -0.4 is 5.73 Å². The van der Waals surface area contributed by atoms with Gasteiger partial charge in [0.05, 0.1) is 6.54 Å². The van der Waals surface area contributed by atoms with E-state index in [1.807, 2.05) is 11.4 Å². The zero-order valence-corrected chi connectivity index (χ0v) is 8.24. The molecule has 60 valence electrons. The average Bonchev–Trinajstić information content (AvgIpc) is 2.35. The topological polar surface area (TPSA) is 43.1 Å². The third-order valence-corrected chi connectivity index (χ3v) is 2.92. The number of carbonyl (C=O) groups excluding carboxylic acids is 1. The van der Waals surface area contributed by atoms with Crippen LogP contribution in [0.5, 0.6) is 0 Å². The molecule has 0 aliphatic heterocycles. The van der Waals surface area contributed by atoms with Gasteiger partial charge in [0, 0.05) is 21.2 Å². The fourth-order valence-electron chi connectivity index (χ4n) is 0.713. The number of thiophene rings is 1. The largest absolute Gasteiger partial charge is 0.324 e.